The fraction of sp³-hybridized carbons (Fsp3) is 0.294. The Morgan fingerprint density at radius 2 is 1.58 bits per heavy atom. The Hall–Kier alpha value is -3.36. The molecule has 1 atom stereocenters. The van der Waals surface area contributed by atoms with Crippen molar-refractivity contribution in [2.45, 2.75) is 19.9 Å². The number of benzene rings is 1. The lowest BCUT2D eigenvalue weighted by atomic mass is 10.1. The van der Waals surface area contributed by atoms with Gasteiger partial charge >= 0.3 is 5.69 Å². The zero-order valence-electron chi connectivity index (χ0n) is 15.0. The van der Waals surface area contributed by atoms with Crippen molar-refractivity contribution >= 4 is 28.9 Å². The molecule has 4 N–H and O–H groups in total. The highest BCUT2D eigenvalue weighted by Crippen LogP contribution is 2.16. The van der Waals surface area contributed by atoms with Crippen molar-refractivity contribution in [1.29, 1.82) is 0 Å². The largest absolute Gasteiger partial charge is 0.384 e. The number of hydrogen-bond acceptors (Lipinski definition) is 6. The van der Waals surface area contributed by atoms with Crippen molar-refractivity contribution in [3.8, 4) is 0 Å². The van der Waals surface area contributed by atoms with Crippen molar-refractivity contribution in [1.82, 2.24) is 9.13 Å². The number of carbonyl (C=O) groups excluding carboxylic acids is 2. The number of nitrogens with two attached hydrogens (primary N) is 1. The van der Waals surface area contributed by atoms with Crippen LogP contribution >= 0.6 is 0 Å². The first kappa shape index (κ1) is 19.0. The van der Waals surface area contributed by atoms with E-state index in [-0.39, 0.29) is 17.3 Å². The number of ketones is 1. The molecule has 2 rings (SSSR count). The first-order chi connectivity index (χ1) is 12.1. The smallest absolute Gasteiger partial charge is 0.332 e. The summed E-state index contributed by atoms with van der Waals surface area (Å²) in [7, 11) is 2.69. The molecular weight excluding hydrogens is 338 g/mol. The standard InChI is InChI=1S/C17H21N5O4/c1-9(19-11-5-7-12(8-6-11)20-10(2)23)14(24)13-15(18)21(3)17(26)22(4)16(13)25/h5-9,19H,18H2,1-4H3,(H,20,23)/t9-/m1/s1. The minimum Gasteiger partial charge on any atom is -0.384 e. The average Bonchev–Trinajstić information content (AvgIpc) is 2.59. The number of anilines is 3. The Morgan fingerprint density at radius 1 is 1.04 bits per heavy atom. The highest BCUT2D eigenvalue weighted by atomic mass is 16.2. The number of nitrogens with zero attached hydrogens (tertiary/aromatic N) is 2. The average molecular weight is 359 g/mol. The van der Waals surface area contributed by atoms with Crippen LogP contribution in [-0.4, -0.2) is 26.9 Å². The van der Waals surface area contributed by atoms with Gasteiger partial charge in [-0.05, 0) is 31.2 Å². The van der Waals surface area contributed by atoms with Gasteiger partial charge in [0.15, 0.2) is 5.78 Å². The second kappa shape index (κ2) is 7.26. The van der Waals surface area contributed by atoms with E-state index in [4.69, 9.17) is 5.73 Å². The van der Waals surface area contributed by atoms with Crippen LogP contribution in [0.4, 0.5) is 17.2 Å². The Bertz CT molecular complexity index is 972. The van der Waals surface area contributed by atoms with Crippen LogP contribution in [0, 0.1) is 0 Å². The summed E-state index contributed by atoms with van der Waals surface area (Å²) in [6.45, 7) is 3.00. The summed E-state index contributed by atoms with van der Waals surface area (Å²) >= 11 is 0. The summed E-state index contributed by atoms with van der Waals surface area (Å²) in [5.41, 5.74) is 5.50. The highest BCUT2D eigenvalue weighted by Gasteiger charge is 2.24. The molecule has 0 fully saturated rings. The summed E-state index contributed by atoms with van der Waals surface area (Å²) in [6.07, 6.45) is 0. The predicted molar refractivity (Wildman–Crippen MR) is 99.5 cm³/mol. The van der Waals surface area contributed by atoms with Crippen LogP contribution in [0.15, 0.2) is 33.9 Å². The molecule has 0 aliphatic carbocycles. The van der Waals surface area contributed by atoms with Gasteiger partial charge < -0.3 is 16.4 Å². The third kappa shape index (κ3) is 3.66. The molecule has 1 aromatic carbocycles. The number of aromatic nitrogens is 2. The molecule has 0 aliphatic heterocycles. The Balaban J connectivity index is 2.27. The molecule has 1 amide bonds. The van der Waals surface area contributed by atoms with Gasteiger partial charge in [0.2, 0.25) is 5.91 Å². The van der Waals surface area contributed by atoms with E-state index in [1.807, 2.05) is 0 Å². The van der Waals surface area contributed by atoms with Crippen LogP contribution in [0.1, 0.15) is 24.2 Å². The molecule has 138 valence electrons. The third-order valence-electron chi connectivity index (χ3n) is 3.94. The maximum atomic E-state index is 12.7. The Kier molecular flexibility index (Phi) is 5.30. The molecule has 9 nitrogen and oxygen atoms in total. The van der Waals surface area contributed by atoms with Crippen molar-refractivity contribution in [3.05, 3.63) is 50.7 Å². The lowest BCUT2D eigenvalue weighted by molar-refractivity contribution is -0.114. The molecule has 0 radical (unpaired) electrons. The molecule has 1 heterocycles. The second-order valence-electron chi connectivity index (χ2n) is 5.95. The third-order valence-corrected chi connectivity index (χ3v) is 3.94. The number of hydrogen-bond donors (Lipinski definition) is 3. The van der Waals surface area contributed by atoms with Gasteiger partial charge in [-0.2, -0.15) is 0 Å². The molecule has 26 heavy (non-hydrogen) atoms. The van der Waals surface area contributed by atoms with Gasteiger partial charge in [0.05, 0.1) is 6.04 Å². The van der Waals surface area contributed by atoms with Gasteiger partial charge in [0.1, 0.15) is 11.4 Å². The lowest BCUT2D eigenvalue weighted by Crippen LogP contribution is -2.43. The van der Waals surface area contributed by atoms with E-state index in [1.54, 1.807) is 31.2 Å². The highest BCUT2D eigenvalue weighted by molar-refractivity contribution is 6.04. The lowest BCUT2D eigenvalue weighted by Gasteiger charge is -2.17. The van der Waals surface area contributed by atoms with Gasteiger partial charge in [-0.1, -0.05) is 0 Å². The second-order valence-corrected chi connectivity index (χ2v) is 5.95. The van der Waals surface area contributed by atoms with E-state index in [1.165, 1.54) is 21.0 Å². The van der Waals surface area contributed by atoms with E-state index in [0.29, 0.717) is 11.4 Å². The molecule has 0 saturated heterocycles. The maximum absolute atomic E-state index is 12.7. The molecule has 0 bridgehead atoms. The summed E-state index contributed by atoms with van der Waals surface area (Å²) in [4.78, 5) is 47.8. The number of Topliss-reactive ketones (excluding diaryl/α,β-unsaturated/α-hetero) is 1. The quantitative estimate of drug-likeness (QED) is 0.659. The van der Waals surface area contributed by atoms with Crippen molar-refractivity contribution < 1.29 is 9.59 Å². The minimum atomic E-state index is -0.755. The topological polar surface area (TPSA) is 128 Å². The summed E-state index contributed by atoms with van der Waals surface area (Å²) in [6, 6.07) is 5.99. The van der Waals surface area contributed by atoms with E-state index in [9.17, 15) is 19.2 Å². The summed E-state index contributed by atoms with van der Waals surface area (Å²) in [5.74, 6) is -0.877. The van der Waals surface area contributed by atoms with Crippen LogP contribution in [0.25, 0.3) is 0 Å². The maximum Gasteiger partial charge on any atom is 0.332 e. The number of nitrogens with one attached hydrogen (secondary N) is 2. The zero-order chi connectivity index (χ0) is 19.6. The molecular formula is C17H21N5O4. The van der Waals surface area contributed by atoms with E-state index in [0.717, 1.165) is 9.13 Å². The van der Waals surface area contributed by atoms with E-state index in [2.05, 4.69) is 10.6 Å². The molecule has 9 heteroatoms. The zero-order valence-corrected chi connectivity index (χ0v) is 15.0. The number of rotatable bonds is 5. The van der Waals surface area contributed by atoms with E-state index >= 15 is 0 Å². The van der Waals surface area contributed by atoms with Gasteiger partial charge in [0.25, 0.3) is 5.56 Å². The first-order valence-corrected chi connectivity index (χ1v) is 7.87. The Labute approximate surface area is 149 Å². The Morgan fingerprint density at radius 3 is 2.12 bits per heavy atom. The summed E-state index contributed by atoms with van der Waals surface area (Å²) in [5, 5.41) is 5.62. The predicted octanol–water partition coefficient (Wildman–Crippen LogP) is 0.308. The van der Waals surface area contributed by atoms with Gasteiger partial charge in [0, 0.05) is 32.4 Å². The van der Waals surface area contributed by atoms with Gasteiger partial charge in [-0.3, -0.25) is 23.5 Å². The van der Waals surface area contributed by atoms with Crippen LogP contribution in [-0.2, 0) is 18.9 Å². The van der Waals surface area contributed by atoms with Crippen LogP contribution in [0.5, 0.6) is 0 Å². The van der Waals surface area contributed by atoms with Gasteiger partial charge in [-0.25, -0.2) is 4.79 Å². The van der Waals surface area contributed by atoms with Crippen LogP contribution in [0.2, 0.25) is 0 Å². The number of carbonyl (C=O) groups is 2. The molecule has 2 aromatic rings. The fourth-order valence-corrected chi connectivity index (χ4v) is 2.48. The van der Waals surface area contributed by atoms with Crippen molar-refractivity contribution in [3.63, 3.8) is 0 Å². The van der Waals surface area contributed by atoms with Crippen molar-refractivity contribution in [2.24, 2.45) is 14.1 Å². The molecule has 0 saturated carbocycles. The SMILES string of the molecule is CC(=O)Nc1ccc(N[C@H](C)C(=O)c2c(N)n(C)c(=O)n(C)c2=O)cc1. The number of nitrogen functional groups attached to an aromatic ring is 1. The number of amides is 1. The molecule has 0 unspecified atom stereocenters. The van der Waals surface area contributed by atoms with Crippen molar-refractivity contribution in [2.75, 3.05) is 16.4 Å². The molecule has 0 spiro atoms. The normalized spacial score (nSPS) is 11.7. The molecule has 0 aliphatic rings. The monoisotopic (exact) mass is 359 g/mol. The first-order valence-electron chi connectivity index (χ1n) is 7.87. The summed E-state index contributed by atoms with van der Waals surface area (Å²) < 4.78 is 1.90. The van der Waals surface area contributed by atoms with E-state index < -0.39 is 23.1 Å². The van der Waals surface area contributed by atoms with Crippen LogP contribution in [0.3, 0.4) is 0 Å². The fourth-order valence-electron chi connectivity index (χ4n) is 2.48. The minimum absolute atomic E-state index is 0.169. The van der Waals surface area contributed by atoms with Gasteiger partial charge in [-0.15, -0.1) is 0 Å². The van der Waals surface area contributed by atoms with Crippen LogP contribution < -0.4 is 27.6 Å². The molecule has 1 aromatic heterocycles.